The van der Waals surface area contributed by atoms with E-state index in [-0.39, 0.29) is 18.8 Å². The molecule has 1 spiro atoms. The van der Waals surface area contributed by atoms with Crippen LogP contribution in [0, 0.1) is 29.6 Å². The summed E-state index contributed by atoms with van der Waals surface area (Å²) in [5.74, 6) is -4.53. The van der Waals surface area contributed by atoms with E-state index in [9.17, 15) is 30.0 Å². The highest BCUT2D eigenvalue weighted by molar-refractivity contribution is 5.83. The highest BCUT2D eigenvalue weighted by atomic mass is 16.6. The first-order chi connectivity index (χ1) is 13.3. The van der Waals surface area contributed by atoms with Crippen LogP contribution < -0.4 is 0 Å². The monoisotopic (exact) mass is 416 g/mol. The zero-order valence-corrected chi connectivity index (χ0v) is 18.1. The molecule has 0 aromatic heterocycles. The second-order valence-electron chi connectivity index (χ2n) is 9.22. The third-order valence-electron chi connectivity index (χ3n) is 6.86. The molecule has 2 heterocycles. The molecule has 0 aromatic carbocycles. The zero-order chi connectivity index (χ0) is 22.3. The fraction of sp³-hybridized carbons (Fsp3) is 0.905. The molecule has 168 valence electrons. The van der Waals surface area contributed by atoms with Crippen LogP contribution in [0.4, 0.5) is 0 Å². The van der Waals surface area contributed by atoms with Gasteiger partial charge in [0.25, 0.3) is 0 Å². The second-order valence-corrected chi connectivity index (χ2v) is 9.22. The number of epoxide rings is 1. The molecule has 1 unspecified atom stereocenters. The van der Waals surface area contributed by atoms with Crippen molar-refractivity contribution >= 4 is 11.8 Å². The fourth-order valence-electron chi connectivity index (χ4n) is 4.53. The van der Waals surface area contributed by atoms with Gasteiger partial charge < -0.3 is 29.9 Å². The molecule has 8 heteroatoms. The molecule has 8 nitrogen and oxygen atoms in total. The van der Waals surface area contributed by atoms with Crippen LogP contribution in [-0.4, -0.2) is 74.9 Å². The third-order valence-corrected chi connectivity index (χ3v) is 6.86. The minimum Gasteiger partial charge on any atom is -0.459 e. The number of hydrogen-bond donors (Lipinski definition) is 4. The second kappa shape index (κ2) is 8.98. The molecule has 0 radical (unpaired) electrons. The standard InChI is InChI=1S/C21H36O8/c1-9-7-21(8-28-21)19(26)12(4)17(25)13(5)20(27)29-18(14(6)22)11(3)16(24)10(2)15(9)23/h9-14,16-19,22,24-26H,7-8H2,1-6H3/t9-,10+,11-,12+,13-,14-,16-,17+,18?,19-,21+/m1/s1. The van der Waals surface area contributed by atoms with Crippen molar-refractivity contribution in [3.05, 3.63) is 0 Å². The quantitative estimate of drug-likeness (QED) is 0.353. The van der Waals surface area contributed by atoms with Gasteiger partial charge in [0.1, 0.15) is 17.5 Å². The summed E-state index contributed by atoms with van der Waals surface area (Å²) < 4.78 is 11.0. The predicted molar refractivity (Wildman–Crippen MR) is 104 cm³/mol. The zero-order valence-electron chi connectivity index (χ0n) is 18.1. The van der Waals surface area contributed by atoms with Crippen molar-refractivity contribution in [3.8, 4) is 0 Å². The van der Waals surface area contributed by atoms with Crippen molar-refractivity contribution in [1.82, 2.24) is 0 Å². The molecular weight excluding hydrogens is 380 g/mol. The first-order valence-corrected chi connectivity index (χ1v) is 10.4. The van der Waals surface area contributed by atoms with Crippen LogP contribution in [0.25, 0.3) is 0 Å². The number of carbonyl (C=O) groups is 2. The summed E-state index contributed by atoms with van der Waals surface area (Å²) in [6.45, 7) is 9.79. The van der Waals surface area contributed by atoms with Gasteiger partial charge in [0, 0.05) is 23.7 Å². The van der Waals surface area contributed by atoms with E-state index in [0.717, 1.165) is 0 Å². The van der Waals surface area contributed by atoms with E-state index < -0.39 is 71.7 Å². The largest absolute Gasteiger partial charge is 0.459 e. The van der Waals surface area contributed by atoms with Gasteiger partial charge in [-0.1, -0.05) is 27.7 Å². The van der Waals surface area contributed by atoms with Crippen LogP contribution in [-0.2, 0) is 19.1 Å². The topological polar surface area (TPSA) is 137 Å². The van der Waals surface area contributed by atoms with Gasteiger partial charge in [-0.3, -0.25) is 9.59 Å². The lowest BCUT2D eigenvalue weighted by Gasteiger charge is -2.36. The summed E-state index contributed by atoms with van der Waals surface area (Å²) in [4.78, 5) is 25.5. The van der Waals surface area contributed by atoms with Crippen LogP contribution in [0.3, 0.4) is 0 Å². The maximum absolute atomic E-state index is 12.9. The first-order valence-electron chi connectivity index (χ1n) is 10.4. The Morgan fingerprint density at radius 2 is 1.48 bits per heavy atom. The number of aliphatic hydroxyl groups excluding tert-OH is 4. The van der Waals surface area contributed by atoms with Crippen molar-refractivity contribution in [2.24, 2.45) is 29.6 Å². The Kier molecular flexibility index (Phi) is 7.49. The minimum atomic E-state index is -1.21. The number of aliphatic hydroxyl groups is 4. The van der Waals surface area contributed by atoms with Gasteiger partial charge in [-0.25, -0.2) is 0 Å². The molecule has 11 atom stereocenters. The molecular formula is C21H36O8. The van der Waals surface area contributed by atoms with E-state index in [1.165, 1.54) is 13.8 Å². The number of rotatable bonds is 1. The van der Waals surface area contributed by atoms with Crippen molar-refractivity contribution in [2.75, 3.05) is 6.61 Å². The number of ether oxygens (including phenoxy) is 2. The lowest BCUT2D eigenvalue weighted by Crippen LogP contribution is -2.49. The van der Waals surface area contributed by atoms with E-state index in [1.54, 1.807) is 27.7 Å². The molecule has 29 heavy (non-hydrogen) atoms. The number of ketones is 1. The Labute approximate surface area is 172 Å². The lowest BCUT2D eigenvalue weighted by molar-refractivity contribution is -0.174. The number of Topliss-reactive ketones (excluding diaryl/α,β-unsaturated/α-hetero) is 1. The Hall–Kier alpha value is -1.06. The van der Waals surface area contributed by atoms with Crippen LogP contribution in [0.1, 0.15) is 48.0 Å². The molecule has 0 amide bonds. The molecule has 2 aliphatic heterocycles. The molecule has 2 aliphatic rings. The summed E-state index contributed by atoms with van der Waals surface area (Å²) in [7, 11) is 0. The van der Waals surface area contributed by atoms with Crippen LogP contribution in [0.15, 0.2) is 0 Å². The average Bonchev–Trinajstić information content (AvgIpc) is 3.46. The Bertz CT molecular complexity index is 601. The molecule has 0 aliphatic carbocycles. The Morgan fingerprint density at radius 3 is 1.97 bits per heavy atom. The van der Waals surface area contributed by atoms with Gasteiger partial charge in [0.15, 0.2) is 0 Å². The number of esters is 1. The highest BCUT2D eigenvalue weighted by Crippen LogP contribution is 2.42. The molecule has 2 saturated heterocycles. The molecule has 0 saturated carbocycles. The SMILES string of the molecule is C[C@H]1[C@H](O)[C@@H](C)C(=O)OC([C@@H](C)O)[C@H](C)[C@H](O)[C@@H](C)C(=O)[C@H](C)C[C@]2(CO2)[C@@H]1O. The predicted octanol–water partition coefficient (Wildman–Crippen LogP) is 0.284. The van der Waals surface area contributed by atoms with E-state index >= 15 is 0 Å². The van der Waals surface area contributed by atoms with E-state index in [1.807, 2.05) is 0 Å². The maximum Gasteiger partial charge on any atom is 0.311 e. The Balaban J connectivity index is 2.40. The van der Waals surface area contributed by atoms with E-state index in [4.69, 9.17) is 9.47 Å². The summed E-state index contributed by atoms with van der Waals surface area (Å²) in [6.07, 6.45) is -5.28. The van der Waals surface area contributed by atoms with Crippen molar-refractivity contribution < 1.29 is 39.5 Å². The summed E-state index contributed by atoms with van der Waals surface area (Å²) in [6, 6.07) is 0. The van der Waals surface area contributed by atoms with Gasteiger partial charge in [-0.05, 0) is 20.3 Å². The lowest BCUT2D eigenvalue weighted by atomic mass is 9.76. The van der Waals surface area contributed by atoms with Gasteiger partial charge in [0.05, 0.1) is 36.9 Å². The average molecular weight is 417 g/mol. The van der Waals surface area contributed by atoms with E-state index in [2.05, 4.69) is 0 Å². The van der Waals surface area contributed by atoms with Gasteiger partial charge in [-0.15, -0.1) is 0 Å². The molecule has 0 aromatic rings. The third kappa shape index (κ3) is 4.82. The van der Waals surface area contributed by atoms with Crippen molar-refractivity contribution in [3.63, 3.8) is 0 Å². The fourth-order valence-corrected chi connectivity index (χ4v) is 4.53. The minimum absolute atomic E-state index is 0.194. The molecule has 2 fully saturated rings. The van der Waals surface area contributed by atoms with Crippen LogP contribution >= 0.6 is 0 Å². The Morgan fingerprint density at radius 1 is 0.966 bits per heavy atom. The van der Waals surface area contributed by atoms with Crippen molar-refractivity contribution in [2.45, 2.75) is 84.1 Å². The van der Waals surface area contributed by atoms with Gasteiger partial charge in [-0.2, -0.15) is 0 Å². The van der Waals surface area contributed by atoms with Crippen molar-refractivity contribution in [1.29, 1.82) is 0 Å². The first kappa shape index (κ1) is 24.2. The van der Waals surface area contributed by atoms with E-state index in [0.29, 0.717) is 0 Å². The summed E-state index contributed by atoms with van der Waals surface area (Å²) in [5, 5.41) is 42.4. The van der Waals surface area contributed by atoms with Crippen LogP contribution in [0.5, 0.6) is 0 Å². The molecule has 4 N–H and O–H groups in total. The van der Waals surface area contributed by atoms with Crippen LogP contribution in [0.2, 0.25) is 0 Å². The molecule has 2 rings (SSSR count). The summed E-state index contributed by atoms with van der Waals surface area (Å²) in [5.41, 5.74) is -0.943. The summed E-state index contributed by atoms with van der Waals surface area (Å²) >= 11 is 0. The number of hydrogen-bond acceptors (Lipinski definition) is 8. The number of carbonyl (C=O) groups excluding carboxylic acids is 2. The van der Waals surface area contributed by atoms with Gasteiger partial charge >= 0.3 is 5.97 Å². The molecule has 0 bridgehead atoms. The smallest absolute Gasteiger partial charge is 0.311 e. The van der Waals surface area contributed by atoms with Gasteiger partial charge in [0.2, 0.25) is 0 Å². The normalized spacial score (nSPS) is 48.7. The number of cyclic esters (lactones) is 1. The maximum atomic E-state index is 12.9. The highest BCUT2D eigenvalue weighted by Gasteiger charge is 2.56.